The highest BCUT2D eigenvalue weighted by molar-refractivity contribution is 5.33. The van der Waals surface area contributed by atoms with Crippen LogP contribution in [0.2, 0.25) is 0 Å². The lowest BCUT2D eigenvalue weighted by Gasteiger charge is -2.62. The van der Waals surface area contributed by atoms with Gasteiger partial charge in [0.1, 0.15) is 0 Å². The molecule has 2 heteroatoms. The maximum Gasteiger partial charge on any atom is 0.0614 e. The number of aliphatic hydroxyl groups excluding tert-OH is 2. The van der Waals surface area contributed by atoms with Crippen LogP contribution in [0.3, 0.4) is 0 Å². The van der Waals surface area contributed by atoms with E-state index in [1.54, 1.807) is 5.57 Å². The highest BCUT2D eigenvalue weighted by Crippen LogP contribution is 2.71. The SMILES string of the molecule is CC(C)=CCCC(C)C1CCC2(C)C3C(=CCC12C)C1(C)CCC(O)CC1CC3O. The van der Waals surface area contributed by atoms with Crippen LogP contribution in [0.4, 0.5) is 0 Å². The third-order valence-corrected chi connectivity index (χ3v) is 10.8. The number of hydrogen-bond acceptors (Lipinski definition) is 2. The molecule has 4 aliphatic rings. The van der Waals surface area contributed by atoms with Gasteiger partial charge in [-0.1, -0.05) is 51.0 Å². The van der Waals surface area contributed by atoms with E-state index in [2.05, 4.69) is 53.7 Å². The van der Waals surface area contributed by atoms with E-state index in [4.69, 9.17) is 0 Å². The lowest BCUT2D eigenvalue weighted by Crippen LogP contribution is -2.57. The van der Waals surface area contributed by atoms with Crippen molar-refractivity contribution in [3.8, 4) is 0 Å². The monoisotopic (exact) mass is 414 g/mol. The Labute approximate surface area is 185 Å². The second-order valence-electron chi connectivity index (χ2n) is 12.5. The molecule has 9 unspecified atom stereocenters. The van der Waals surface area contributed by atoms with Crippen molar-refractivity contribution in [3.05, 3.63) is 23.3 Å². The van der Waals surface area contributed by atoms with Crippen LogP contribution in [0.15, 0.2) is 23.3 Å². The molecule has 2 nitrogen and oxygen atoms in total. The van der Waals surface area contributed by atoms with Gasteiger partial charge in [0.25, 0.3) is 0 Å². The molecule has 0 aromatic carbocycles. The molecule has 3 fully saturated rings. The van der Waals surface area contributed by atoms with Crippen LogP contribution in [-0.4, -0.2) is 22.4 Å². The van der Waals surface area contributed by atoms with Crippen molar-refractivity contribution in [2.24, 2.45) is 39.9 Å². The number of allylic oxidation sites excluding steroid dienone is 3. The van der Waals surface area contributed by atoms with E-state index >= 15 is 0 Å². The Kier molecular flexibility index (Phi) is 5.85. The molecule has 0 radical (unpaired) electrons. The summed E-state index contributed by atoms with van der Waals surface area (Å²) >= 11 is 0. The van der Waals surface area contributed by atoms with Crippen molar-refractivity contribution in [1.82, 2.24) is 0 Å². The molecule has 0 amide bonds. The Balaban J connectivity index is 1.64. The summed E-state index contributed by atoms with van der Waals surface area (Å²) in [6, 6.07) is 0. The summed E-state index contributed by atoms with van der Waals surface area (Å²) in [7, 11) is 0. The van der Waals surface area contributed by atoms with Gasteiger partial charge < -0.3 is 10.2 Å². The summed E-state index contributed by atoms with van der Waals surface area (Å²) in [6.07, 6.45) is 14.5. The second kappa shape index (κ2) is 7.77. The summed E-state index contributed by atoms with van der Waals surface area (Å²) < 4.78 is 0. The second-order valence-corrected chi connectivity index (χ2v) is 12.5. The molecule has 0 heterocycles. The quantitative estimate of drug-likeness (QED) is 0.504. The summed E-state index contributed by atoms with van der Waals surface area (Å²) in [5.74, 6) is 2.22. The topological polar surface area (TPSA) is 40.5 Å². The molecule has 30 heavy (non-hydrogen) atoms. The van der Waals surface area contributed by atoms with Crippen LogP contribution in [0.1, 0.15) is 99.3 Å². The van der Waals surface area contributed by atoms with Gasteiger partial charge in [-0.3, -0.25) is 0 Å². The molecule has 0 saturated heterocycles. The highest BCUT2D eigenvalue weighted by atomic mass is 16.3. The van der Waals surface area contributed by atoms with E-state index in [-0.39, 0.29) is 28.5 Å². The largest absolute Gasteiger partial charge is 0.393 e. The Morgan fingerprint density at radius 1 is 1.10 bits per heavy atom. The Morgan fingerprint density at radius 3 is 2.53 bits per heavy atom. The molecule has 0 aliphatic heterocycles. The van der Waals surface area contributed by atoms with Crippen molar-refractivity contribution in [2.45, 2.75) is 112 Å². The molecule has 4 rings (SSSR count). The zero-order valence-electron chi connectivity index (χ0n) is 20.4. The summed E-state index contributed by atoms with van der Waals surface area (Å²) in [6.45, 7) is 14.4. The standard InChI is InChI=1S/C28H46O2/c1-18(2)8-7-9-19(3)22-11-15-28(6)25-23(12-14-27(22,28)5)26(4)13-10-21(29)16-20(26)17-24(25)30/h8,12,19-22,24-25,29-30H,7,9-11,13-17H2,1-6H3. The highest BCUT2D eigenvalue weighted by Gasteiger charge is 2.65. The number of hydrogen-bond donors (Lipinski definition) is 2. The molecular formula is C28H46O2. The van der Waals surface area contributed by atoms with E-state index in [9.17, 15) is 10.2 Å². The third-order valence-electron chi connectivity index (χ3n) is 10.8. The molecule has 0 aromatic rings. The first kappa shape index (κ1) is 22.6. The third kappa shape index (κ3) is 3.27. The molecule has 0 aromatic heterocycles. The zero-order chi connectivity index (χ0) is 21.9. The first-order chi connectivity index (χ1) is 14.0. The van der Waals surface area contributed by atoms with Gasteiger partial charge in [0, 0.05) is 5.92 Å². The van der Waals surface area contributed by atoms with Crippen molar-refractivity contribution >= 4 is 0 Å². The van der Waals surface area contributed by atoms with Crippen LogP contribution in [-0.2, 0) is 0 Å². The van der Waals surface area contributed by atoms with Crippen LogP contribution < -0.4 is 0 Å². The van der Waals surface area contributed by atoms with Gasteiger partial charge in [-0.15, -0.1) is 0 Å². The zero-order valence-corrected chi connectivity index (χ0v) is 20.4. The minimum absolute atomic E-state index is 0.172. The van der Waals surface area contributed by atoms with E-state index in [1.807, 2.05) is 0 Å². The first-order valence-electron chi connectivity index (χ1n) is 12.7. The van der Waals surface area contributed by atoms with Crippen LogP contribution >= 0.6 is 0 Å². The summed E-state index contributed by atoms with van der Waals surface area (Å²) in [5, 5.41) is 21.8. The van der Waals surface area contributed by atoms with Gasteiger partial charge in [0.2, 0.25) is 0 Å². The molecule has 170 valence electrons. The van der Waals surface area contributed by atoms with E-state index in [0.29, 0.717) is 11.8 Å². The molecule has 3 saturated carbocycles. The van der Waals surface area contributed by atoms with Gasteiger partial charge >= 0.3 is 0 Å². The van der Waals surface area contributed by atoms with Crippen molar-refractivity contribution in [3.63, 3.8) is 0 Å². The van der Waals surface area contributed by atoms with Gasteiger partial charge in [0.05, 0.1) is 12.2 Å². The number of aliphatic hydroxyl groups is 2. The van der Waals surface area contributed by atoms with Gasteiger partial charge in [-0.25, -0.2) is 0 Å². The van der Waals surface area contributed by atoms with Crippen molar-refractivity contribution in [1.29, 1.82) is 0 Å². The minimum atomic E-state index is -0.246. The fraction of sp³-hybridized carbons (Fsp3) is 0.857. The molecular weight excluding hydrogens is 368 g/mol. The summed E-state index contributed by atoms with van der Waals surface area (Å²) in [4.78, 5) is 0. The lowest BCUT2D eigenvalue weighted by molar-refractivity contribution is -0.109. The van der Waals surface area contributed by atoms with Crippen molar-refractivity contribution in [2.75, 3.05) is 0 Å². The van der Waals surface area contributed by atoms with Crippen LogP contribution in [0.25, 0.3) is 0 Å². The molecule has 2 N–H and O–H groups in total. The minimum Gasteiger partial charge on any atom is -0.393 e. The lowest BCUT2D eigenvalue weighted by atomic mass is 9.43. The van der Waals surface area contributed by atoms with Gasteiger partial charge in [0.15, 0.2) is 0 Å². The number of rotatable bonds is 4. The van der Waals surface area contributed by atoms with Crippen molar-refractivity contribution < 1.29 is 10.2 Å². The number of fused-ring (bicyclic) bond motifs is 5. The van der Waals surface area contributed by atoms with Gasteiger partial charge in [-0.05, 0) is 106 Å². The van der Waals surface area contributed by atoms with Crippen LogP contribution in [0.5, 0.6) is 0 Å². The maximum atomic E-state index is 11.5. The smallest absolute Gasteiger partial charge is 0.0614 e. The average Bonchev–Trinajstić information content (AvgIpc) is 2.94. The Hall–Kier alpha value is -0.600. The van der Waals surface area contributed by atoms with Crippen LogP contribution in [0, 0.1) is 39.9 Å². The molecule has 9 atom stereocenters. The normalized spacial score (nSPS) is 48.8. The average molecular weight is 415 g/mol. The molecule has 0 spiro atoms. The Bertz CT molecular complexity index is 718. The first-order valence-corrected chi connectivity index (χ1v) is 12.7. The Morgan fingerprint density at radius 2 is 1.83 bits per heavy atom. The predicted molar refractivity (Wildman–Crippen MR) is 125 cm³/mol. The molecule has 4 aliphatic carbocycles. The predicted octanol–water partition coefficient (Wildman–Crippen LogP) is 6.67. The van der Waals surface area contributed by atoms with E-state index in [1.165, 1.54) is 37.7 Å². The maximum absolute atomic E-state index is 11.5. The fourth-order valence-corrected chi connectivity index (χ4v) is 8.68. The summed E-state index contributed by atoms with van der Waals surface area (Å²) in [5.41, 5.74) is 3.65. The van der Waals surface area contributed by atoms with Gasteiger partial charge in [-0.2, -0.15) is 0 Å². The molecule has 0 bridgehead atoms. The van der Waals surface area contributed by atoms with E-state index < -0.39 is 0 Å². The van der Waals surface area contributed by atoms with E-state index in [0.717, 1.165) is 37.5 Å². The fourth-order valence-electron chi connectivity index (χ4n) is 8.68.